The summed E-state index contributed by atoms with van der Waals surface area (Å²) in [5.41, 5.74) is 2.10. The molecule has 1 aromatic heterocycles. The maximum atomic E-state index is 12.3. The number of carbonyl (C=O) groups excluding carboxylic acids is 1. The third kappa shape index (κ3) is 1.45. The van der Waals surface area contributed by atoms with E-state index in [0.29, 0.717) is 13.0 Å². The summed E-state index contributed by atoms with van der Waals surface area (Å²) in [6, 6.07) is 5.92. The number of ketones is 1. The fourth-order valence-corrected chi connectivity index (χ4v) is 2.61. The molecule has 1 aliphatic heterocycles. The summed E-state index contributed by atoms with van der Waals surface area (Å²) in [7, 11) is 1.96. The van der Waals surface area contributed by atoms with E-state index in [4.69, 9.17) is 0 Å². The van der Waals surface area contributed by atoms with E-state index in [1.54, 1.807) is 10.8 Å². The van der Waals surface area contributed by atoms with Crippen LogP contribution >= 0.6 is 0 Å². The normalized spacial score (nSPS) is 19.1. The van der Waals surface area contributed by atoms with E-state index in [-0.39, 0.29) is 11.8 Å². The van der Waals surface area contributed by atoms with Crippen molar-refractivity contribution < 1.29 is 4.79 Å². The van der Waals surface area contributed by atoms with Crippen LogP contribution in [0.25, 0.3) is 10.9 Å². The van der Waals surface area contributed by atoms with Crippen LogP contribution in [0, 0.1) is 0 Å². The Bertz CT molecular complexity index is 629. The van der Waals surface area contributed by atoms with Gasteiger partial charge in [0, 0.05) is 12.4 Å². The first-order valence-corrected chi connectivity index (χ1v) is 6.03. The van der Waals surface area contributed by atoms with Crippen LogP contribution < -0.4 is 4.90 Å². The summed E-state index contributed by atoms with van der Waals surface area (Å²) in [5, 5.41) is 5.38. The fraction of sp³-hybridized carbons (Fsp3) is 0.286. The largest absolute Gasteiger partial charge is 0.362 e. The number of para-hydroxylation sites is 1. The van der Waals surface area contributed by atoms with Gasteiger partial charge in [0.15, 0.2) is 5.78 Å². The number of likely N-dealkylation sites (N-methyl/N-ethyl adjacent to an activating group) is 1. The first-order valence-electron chi connectivity index (χ1n) is 6.03. The molecule has 1 atom stereocenters. The maximum Gasteiger partial charge on any atom is 0.176 e. The van der Waals surface area contributed by atoms with Crippen LogP contribution in [-0.4, -0.2) is 28.7 Å². The minimum absolute atomic E-state index is 0.144. The Labute approximate surface area is 106 Å². The molecule has 1 unspecified atom stereocenters. The number of nitrogens with zero attached hydrogens (tertiary/aromatic N) is 3. The van der Waals surface area contributed by atoms with Crippen molar-refractivity contribution in [3.05, 3.63) is 37.1 Å². The molecule has 0 radical (unpaired) electrons. The summed E-state index contributed by atoms with van der Waals surface area (Å²) >= 11 is 0. The smallest absolute Gasteiger partial charge is 0.176 e. The molecule has 18 heavy (non-hydrogen) atoms. The van der Waals surface area contributed by atoms with Crippen molar-refractivity contribution in [2.45, 2.75) is 19.0 Å². The number of Topliss-reactive ketones (excluding diaryl/α,β-unsaturated/α-hetero) is 1. The van der Waals surface area contributed by atoms with Crippen molar-refractivity contribution >= 4 is 22.4 Å². The van der Waals surface area contributed by atoms with Gasteiger partial charge in [-0.3, -0.25) is 9.48 Å². The van der Waals surface area contributed by atoms with Gasteiger partial charge in [0.25, 0.3) is 0 Å². The number of hydrogen-bond donors (Lipinski definition) is 0. The van der Waals surface area contributed by atoms with Crippen molar-refractivity contribution in [1.29, 1.82) is 0 Å². The molecule has 4 nitrogen and oxygen atoms in total. The van der Waals surface area contributed by atoms with Gasteiger partial charge in [0.05, 0.1) is 23.4 Å². The molecule has 1 aromatic carbocycles. The SMILES string of the molecule is C=CCC1C(=O)Cn2ncc3cccc(c32)N1C. The van der Waals surface area contributed by atoms with Gasteiger partial charge in [-0.05, 0) is 12.5 Å². The first-order chi connectivity index (χ1) is 8.72. The van der Waals surface area contributed by atoms with Crippen molar-refractivity contribution in [2.24, 2.45) is 0 Å². The monoisotopic (exact) mass is 241 g/mol. The van der Waals surface area contributed by atoms with Crippen molar-refractivity contribution in [3.8, 4) is 0 Å². The van der Waals surface area contributed by atoms with Gasteiger partial charge >= 0.3 is 0 Å². The number of benzene rings is 1. The summed E-state index contributed by atoms with van der Waals surface area (Å²) < 4.78 is 1.80. The number of anilines is 1. The lowest BCUT2D eigenvalue weighted by Gasteiger charge is -2.26. The summed E-state index contributed by atoms with van der Waals surface area (Å²) in [4.78, 5) is 14.3. The zero-order valence-electron chi connectivity index (χ0n) is 10.3. The van der Waals surface area contributed by atoms with E-state index >= 15 is 0 Å². The van der Waals surface area contributed by atoms with Gasteiger partial charge in [0.2, 0.25) is 0 Å². The van der Waals surface area contributed by atoms with Crippen LogP contribution in [0.2, 0.25) is 0 Å². The third-order valence-corrected chi connectivity index (χ3v) is 3.55. The van der Waals surface area contributed by atoms with E-state index in [1.165, 1.54) is 0 Å². The molecule has 0 amide bonds. The van der Waals surface area contributed by atoms with Crippen LogP contribution in [0.1, 0.15) is 6.42 Å². The molecule has 0 bridgehead atoms. The zero-order chi connectivity index (χ0) is 12.7. The van der Waals surface area contributed by atoms with E-state index < -0.39 is 0 Å². The highest BCUT2D eigenvalue weighted by molar-refractivity contribution is 5.98. The number of hydrogen-bond acceptors (Lipinski definition) is 3. The zero-order valence-corrected chi connectivity index (χ0v) is 10.3. The Morgan fingerprint density at radius 2 is 2.39 bits per heavy atom. The molecule has 0 aliphatic carbocycles. The van der Waals surface area contributed by atoms with Gasteiger partial charge < -0.3 is 4.90 Å². The highest BCUT2D eigenvalue weighted by atomic mass is 16.1. The number of aromatic nitrogens is 2. The summed E-state index contributed by atoms with van der Waals surface area (Å²) in [5.74, 6) is 0.179. The second-order valence-corrected chi connectivity index (χ2v) is 4.63. The molecule has 0 fully saturated rings. The second-order valence-electron chi connectivity index (χ2n) is 4.63. The van der Waals surface area contributed by atoms with Crippen molar-refractivity contribution in [1.82, 2.24) is 9.78 Å². The molecular formula is C14H15N3O. The van der Waals surface area contributed by atoms with E-state index in [1.807, 2.05) is 36.3 Å². The average molecular weight is 241 g/mol. The predicted octanol–water partition coefficient (Wildman–Crippen LogP) is 2.00. The fourth-order valence-electron chi connectivity index (χ4n) is 2.61. The minimum Gasteiger partial charge on any atom is -0.362 e. The highest BCUT2D eigenvalue weighted by Gasteiger charge is 2.28. The standard InChI is InChI=1S/C14H15N3O/c1-3-5-11-13(18)9-17-14-10(8-15-17)6-4-7-12(14)16(11)2/h3-4,6-8,11H,1,5,9H2,2H3. The van der Waals surface area contributed by atoms with E-state index in [9.17, 15) is 4.79 Å². The Morgan fingerprint density at radius 1 is 1.56 bits per heavy atom. The molecule has 0 N–H and O–H groups in total. The molecule has 0 saturated carbocycles. The van der Waals surface area contributed by atoms with Crippen LogP contribution in [0.4, 0.5) is 5.69 Å². The summed E-state index contributed by atoms with van der Waals surface area (Å²) in [6.45, 7) is 4.08. The molecule has 92 valence electrons. The Hall–Kier alpha value is -2.10. The number of rotatable bonds is 2. The van der Waals surface area contributed by atoms with Gasteiger partial charge in [-0.15, -0.1) is 6.58 Å². The summed E-state index contributed by atoms with van der Waals surface area (Å²) in [6.07, 6.45) is 4.28. The van der Waals surface area contributed by atoms with Gasteiger partial charge in [-0.25, -0.2) is 0 Å². The minimum atomic E-state index is -0.144. The lowest BCUT2D eigenvalue weighted by atomic mass is 10.1. The Morgan fingerprint density at radius 3 is 3.17 bits per heavy atom. The van der Waals surface area contributed by atoms with Crippen molar-refractivity contribution in [3.63, 3.8) is 0 Å². The molecule has 2 heterocycles. The molecular weight excluding hydrogens is 226 g/mol. The molecule has 1 aliphatic rings. The molecule has 0 saturated heterocycles. The molecule has 4 heteroatoms. The Balaban J connectivity index is 2.22. The van der Waals surface area contributed by atoms with Crippen molar-refractivity contribution in [2.75, 3.05) is 11.9 Å². The van der Waals surface area contributed by atoms with Crippen LogP contribution in [-0.2, 0) is 11.3 Å². The molecule has 0 spiro atoms. The lowest BCUT2D eigenvalue weighted by molar-refractivity contribution is -0.120. The average Bonchev–Trinajstić information content (AvgIpc) is 2.74. The Kier molecular flexibility index (Phi) is 2.44. The molecule has 3 rings (SSSR count). The van der Waals surface area contributed by atoms with E-state index in [2.05, 4.69) is 11.7 Å². The van der Waals surface area contributed by atoms with E-state index in [0.717, 1.165) is 16.6 Å². The third-order valence-electron chi connectivity index (χ3n) is 3.55. The van der Waals surface area contributed by atoms with Gasteiger partial charge in [-0.2, -0.15) is 5.10 Å². The van der Waals surface area contributed by atoms with Gasteiger partial charge in [-0.1, -0.05) is 18.2 Å². The lowest BCUT2D eigenvalue weighted by Crippen LogP contribution is -2.38. The predicted molar refractivity (Wildman–Crippen MR) is 71.7 cm³/mol. The quantitative estimate of drug-likeness (QED) is 0.755. The van der Waals surface area contributed by atoms with Crippen LogP contribution in [0.3, 0.4) is 0 Å². The second kappa shape index (κ2) is 3.98. The van der Waals surface area contributed by atoms with Crippen LogP contribution in [0.5, 0.6) is 0 Å². The first kappa shape index (κ1) is 11.0. The van der Waals surface area contributed by atoms with Crippen LogP contribution in [0.15, 0.2) is 37.1 Å². The molecule has 2 aromatic rings. The topological polar surface area (TPSA) is 38.1 Å². The highest BCUT2D eigenvalue weighted by Crippen LogP contribution is 2.30. The van der Waals surface area contributed by atoms with Gasteiger partial charge in [0.1, 0.15) is 6.54 Å². The number of carbonyl (C=O) groups is 1. The maximum absolute atomic E-state index is 12.3.